The topological polar surface area (TPSA) is 55.4 Å². The van der Waals surface area contributed by atoms with Gasteiger partial charge in [-0.1, -0.05) is 20.8 Å². The van der Waals surface area contributed by atoms with Gasteiger partial charge < -0.3 is 10.1 Å². The summed E-state index contributed by atoms with van der Waals surface area (Å²) in [5, 5.41) is 3.57. The molecule has 1 aliphatic heterocycles. The maximum atomic E-state index is 11.7. The third-order valence-electron chi connectivity index (χ3n) is 4.98. The maximum Gasteiger partial charge on any atom is 0.150 e. The monoisotopic (exact) mass is 317 g/mol. The lowest BCUT2D eigenvalue weighted by Crippen LogP contribution is -2.44. The fraction of sp³-hybridized carbons (Fsp3) is 1.00. The molecule has 2 aliphatic rings. The van der Waals surface area contributed by atoms with Gasteiger partial charge in [0.15, 0.2) is 0 Å². The van der Waals surface area contributed by atoms with E-state index in [-0.39, 0.29) is 11.2 Å². The van der Waals surface area contributed by atoms with Gasteiger partial charge in [-0.2, -0.15) is 0 Å². The van der Waals surface area contributed by atoms with Gasteiger partial charge in [0.2, 0.25) is 0 Å². The van der Waals surface area contributed by atoms with E-state index in [1.165, 1.54) is 12.8 Å². The van der Waals surface area contributed by atoms with Gasteiger partial charge in [-0.15, -0.1) is 0 Å². The van der Waals surface area contributed by atoms with E-state index in [4.69, 9.17) is 4.74 Å². The Morgan fingerprint density at radius 2 is 2.05 bits per heavy atom. The van der Waals surface area contributed by atoms with Gasteiger partial charge in [0.05, 0.1) is 11.9 Å². The second kappa shape index (κ2) is 6.97. The highest BCUT2D eigenvalue weighted by Crippen LogP contribution is 2.49. The Morgan fingerprint density at radius 1 is 1.33 bits per heavy atom. The molecule has 2 atom stereocenters. The van der Waals surface area contributed by atoms with Gasteiger partial charge in [0, 0.05) is 30.4 Å². The van der Waals surface area contributed by atoms with Crippen molar-refractivity contribution in [3.63, 3.8) is 0 Å². The van der Waals surface area contributed by atoms with Gasteiger partial charge in [0.1, 0.15) is 9.84 Å². The van der Waals surface area contributed by atoms with E-state index >= 15 is 0 Å². The highest BCUT2D eigenvalue weighted by atomic mass is 32.2. The Morgan fingerprint density at radius 3 is 2.62 bits per heavy atom. The Bertz CT molecular complexity index is 431. The minimum atomic E-state index is -2.85. The van der Waals surface area contributed by atoms with Crippen LogP contribution in [0.5, 0.6) is 0 Å². The second-order valence-electron chi connectivity index (χ2n) is 7.12. The SMILES string of the molecule is CCS(=O)(=O)CCCC1(CNC(C)C)CCOC1C1CC1. The van der Waals surface area contributed by atoms with E-state index < -0.39 is 9.84 Å². The van der Waals surface area contributed by atoms with Crippen LogP contribution in [0.1, 0.15) is 52.9 Å². The Labute approximate surface area is 129 Å². The molecule has 2 fully saturated rings. The van der Waals surface area contributed by atoms with Crippen molar-refractivity contribution in [3.05, 3.63) is 0 Å². The molecular weight excluding hydrogens is 286 g/mol. The third-order valence-corrected chi connectivity index (χ3v) is 6.77. The van der Waals surface area contributed by atoms with Crippen LogP contribution < -0.4 is 5.32 Å². The molecule has 1 N–H and O–H groups in total. The van der Waals surface area contributed by atoms with E-state index in [0.717, 1.165) is 32.4 Å². The lowest BCUT2D eigenvalue weighted by atomic mass is 9.75. The van der Waals surface area contributed by atoms with Crippen LogP contribution in [0.3, 0.4) is 0 Å². The van der Waals surface area contributed by atoms with Gasteiger partial charge in [0.25, 0.3) is 0 Å². The molecule has 2 rings (SSSR count). The molecule has 4 nitrogen and oxygen atoms in total. The molecule has 0 aromatic carbocycles. The summed E-state index contributed by atoms with van der Waals surface area (Å²) in [5.41, 5.74) is 0.148. The van der Waals surface area contributed by atoms with Crippen LogP contribution in [0.4, 0.5) is 0 Å². The largest absolute Gasteiger partial charge is 0.377 e. The lowest BCUT2D eigenvalue weighted by Gasteiger charge is -2.35. The highest BCUT2D eigenvalue weighted by molar-refractivity contribution is 7.91. The Balaban J connectivity index is 1.98. The molecule has 21 heavy (non-hydrogen) atoms. The predicted molar refractivity (Wildman–Crippen MR) is 86.2 cm³/mol. The zero-order valence-electron chi connectivity index (χ0n) is 13.7. The molecule has 1 saturated heterocycles. The number of rotatable bonds is 9. The average molecular weight is 317 g/mol. The molecular formula is C16H31NO3S. The molecule has 1 aliphatic carbocycles. The number of hydrogen-bond acceptors (Lipinski definition) is 4. The molecule has 2 unspecified atom stereocenters. The van der Waals surface area contributed by atoms with E-state index in [1.807, 2.05) is 0 Å². The quantitative estimate of drug-likeness (QED) is 0.709. The zero-order valence-corrected chi connectivity index (χ0v) is 14.5. The third kappa shape index (κ3) is 4.67. The first-order valence-electron chi connectivity index (χ1n) is 8.44. The van der Waals surface area contributed by atoms with Crippen molar-refractivity contribution in [1.29, 1.82) is 0 Å². The summed E-state index contributed by atoms with van der Waals surface area (Å²) in [4.78, 5) is 0. The van der Waals surface area contributed by atoms with Crippen molar-refractivity contribution >= 4 is 9.84 Å². The summed E-state index contributed by atoms with van der Waals surface area (Å²) in [6, 6.07) is 0.460. The van der Waals surface area contributed by atoms with Gasteiger partial charge in [-0.3, -0.25) is 0 Å². The van der Waals surface area contributed by atoms with Crippen LogP contribution in [-0.2, 0) is 14.6 Å². The molecule has 0 radical (unpaired) electrons. The molecule has 0 spiro atoms. The first-order valence-corrected chi connectivity index (χ1v) is 10.3. The fourth-order valence-corrected chi connectivity index (χ4v) is 4.36. The van der Waals surface area contributed by atoms with Gasteiger partial charge in [-0.25, -0.2) is 8.42 Å². The summed E-state index contributed by atoms with van der Waals surface area (Å²) in [7, 11) is -2.85. The van der Waals surface area contributed by atoms with Crippen molar-refractivity contribution in [1.82, 2.24) is 5.32 Å². The van der Waals surface area contributed by atoms with Crippen LogP contribution in [0, 0.1) is 11.3 Å². The number of ether oxygens (including phenoxy) is 1. The van der Waals surface area contributed by atoms with E-state index in [0.29, 0.717) is 23.8 Å². The number of sulfone groups is 1. The van der Waals surface area contributed by atoms with E-state index in [2.05, 4.69) is 19.2 Å². The summed E-state index contributed by atoms with van der Waals surface area (Å²) >= 11 is 0. The molecule has 0 bridgehead atoms. The fourth-order valence-electron chi connectivity index (χ4n) is 3.48. The summed E-state index contributed by atoms with van der Waals surface area (Å²) < 4.78 is 29.5. The number of nitrogens with one attached hydrogen (secondary N) is 1. The van der Waals surface area contributed by atoms with Gasteiger partial charge in [-0.05, 0) is 38.0 Å². The van der Waals surface area contributed by atoms with E-state index in [9.17, 15) is 8.42 Å². The molecule has 0 aromatic heterocycles. The second-order valence-corrected chi connectivity index (χ2v) is 9.59. The Hall–Kier alpha value is -0.130. The summed E-state index contributed by atoms with van der Waals surface area (Å²) in [6.45, 7) is 7.85. The predicted octanol–water partition coefficient (Wildman–Crippen LogP) is 2.38. The molecule has 1 saturated carbocycles. The minimum Gasteiger partial charge on any atom is -0.377 e. The average Bonchev–Trinajstić information content (AvgIpc) is 3.18. The summed E-state index contributed by atoms with van der Waals surface area (Å²) in [6.07, 6.45) is 5.70. The number of hydrogen-bond donors (Lipinski definition) is 1. The summed E-state index contributed by atoms with van der Waals surface area (Å²) in [5.74, 6) is 1.29. The van der Waals surface area contributed by atoms with E-state index in [1.54, 1.807) is 6.92 Å². The van der Waals surface area contributed by atoms with Crippen molar-refractivity contribution in [2.24, 2.45) is 11.3 Å². The molecule has 1 heterocycles. The van der Waals surface area contributed by atoms with Crippen molar-refractivity contribution in [2.45, 2.75) is 65.0 Å². The minimum absolute atomic E-state index is 0.148. The smallest absolute Gasteiger partial charge is 0.150 e. The van der Waals surface area contributed by atoms with Crippen molar-refractivity contribution < 1.29 is 13.2 Å². The van der Waals surface area contributed by atoms with Crippen LogP contribution in [0.15, 0.2) is 0 Å². The van der Waals surface area contributed by atoms with Crippen LogP contribution in [0.2, 0.25) is 0 Å². The molecule has 124 valence electrons. The first-order chi connectivity index (χ1) is 9.88. The highest BCUT2D eigenvalue weighted by Gasteiger charge is 2.50. The van der Waals surface area contributed by atoms with Crippen LogP contribution in [0.25, 0.3) is 0 Å². The first kappa shape index (κ1) is 17.2. The van der Waals surface area contributed by atoms with Gasteiger partial charge >= 0.3 is 0 Å². The van der Waals surface area contributed by atoms with Crippen molar-refractivity contribution in [3.8, 4) is 0 Å². The molecule has 0 aromatic rings. The zero-order chi connectivity index (χ0) is 15.5. The lowest BCUT2D eigenvalue weighted by molar-refractivity contribution is 0.0254. The Kier molecular flexibility index (Phi) is 5.71. The van der Waals surface area contributed by atoms with Crippen LogP contribution in [-0.4, -0.2) is 45.2 Å². The maximum absolute atomic E-state index is 11.7. The van der Waals surface area contributed by atoms with Crippen molar-refractivity contribution in [2.75, 3.05) is 24.7 Å². The standard InChI is InChI=1S/C16H31NO3S/c1-4-21(18,19)11-5-8-16(12-17-13(2)3)9-10-20-15(16)14-6-7-14/h13-15,17H,4-12H2,1-3H3. The molecule has 5 heteroatoms. The van der Waals surface area contributed by atoms with Crippen LogP contribution >= 0.6 is 0 Å². The molecule has 0 amide bonds. The normalized spacial score (nSPS) is 30.2.